The molecule has 1 fully saturated rings. The minimum Gasteiger partial charge on any atom is -0.341 e. The summed E-state index contributed by atoms with van der Waals surface area (Å²) in [4.78, 5) is 13.0. The molecule has 5 heteroatoms. The zero-order valence-electron chi connectivity index (χ0n) is 13.6. The SMILES string of the molecule is CCN1CCN(C(c2nc3ccc(F)cc3[nH]2)C(C)C)CC1. The van der Waals surface area contributed by atoms with Crippen molar-refractivity contribution in [2.45, 2.75) is 26.8 Å². The van der Waals surface area contributed by atoms with Gasteiger partial charge in [-0.2, -0.15) is 0 Å². The fraction of sp³-hybridized carbons (Fsp3) is 0.588. The highest BCUT2D eigenvalue weighted by Gasteiger charge is 2.29. The van der Waals surface area contributed by atoms with Crippen LogP contribution in [0.3, 0.4) is 0 Å². The van der Waals surface area contributed by atoms with E-state index >= 15 is 0 Å². The number of piperazine rings is 1. The fourth-order valence-electron chi connectivity index (χ4n) is 3.41. The highest BCUT2D eigenvalue weighted by Crippen LogP contribution is 2.29. The van der Waals surface area contributed by atoms with E-state index in [1.54, 1.807) is 6.07 Å². The first-order valence-electron chi connectivity index (χ1n) is 8.20. The Morgan fingerprint density at radius 2 is 1.95 bits per heavy atom. The summed E-state index contributed by atoms with van der Waals surface area (Å²) in [7, 11) is 0. The topological polar surface area (TPSA) is 35.2 Å². The second kappa shape index (κ2) is 6.34. The van der Waals surface area contributed by atoms with E-state index in [2.05, 4.69) is 35.6 Å². The first-order valence-corrected chi connectivity index (χ1v) is 8.20. The molecule has 1 N–H and O–H groups in total. The molecule has 2 aromatic rings. The van der Waals surface area contributed by atoms with Crippen molar-refractivity contribution in [1.82, 2.24) is 19.8 Å². The number of rotatable bonds is 4. The van der Waals surface area contributed by atoms with Crippen LogP contribution in [-0.4, -0.2) is 52.5 Å². The predicted molar refractivity (Wildman–Crippen MR) is 87.3 cm³/mol. The molecule has 0 saturated carbocycles. The van der Waals surface area contributed by atoms with Crippen LogP contribution >= 0.6 is 0 Å². The Bertz CT molecular complexity index is 629. The molecule has 0 bridgehead atoms. The van der Waals surface area contributed by atoms with Crippen LogP contribution in [0.4, 0.5) is 4.39 Å². The van der Waals surface area contributed by atoms with Crippen molar-refractivity contribution in [2.24, 2.45) is 5.92 Å². The van der Waals surface area contributed by atoms with Crippen molar-refractivity contribution in [1.29, 1.82) is 0 Å². The lowest BCUT2D eigenvalue weighted by Gasteiger charge is -2.39. The molecule has 1 aromatic heterocycles. The highest BCUT2D eigenvalue weighted by atomic mass is 19.1. The number of hydrogen-bond acceptors (Lipinski definition) is 3. The molecular weight excluding hydrogens is 279 g/mol. The number of fused-ring (bicyclic) bond motifs is 1. The van der Waals surface area contributed by atoms with Gasteiger partial charge in [0.05, 0.1) is 17.1 Å². The third-order valence-corrected chi connectivity index (χ3v) is 4.62. The number of H-pyrrole nitrogens is 1. The summed E-state index contributed by atoms with van der Waals surface area (Å²) in [5, 5.41) is 0. The molecule has 0 spiro atoms. The van der Waals surface area contributed by atoms with Gasteiger partial charge in [-0.3, -0.25) is 4.90 Å². The number of nitrogens with one attached hydrogen (secondary N) is 1. The highest BCUT2D eigenvalue weighted by molar-refractivity contribution is 5.75. The van der Waals surface area contributed by atoms with Crippen LogP contribution in [0.5, 0.6) is 0 Å². The van der Waals surface area contributed by atoms with E-state index in [-0.39, 0.29) is 11.9 Å². The largest absolute Gasteiger partial charge is 0.341 e. The Hall–Kier alpha value is -1.46. The molecule has 1 aliphatic rings. The van der Waals surface area contributed by atoms with Gasteiger partial charge in [-0.1, -0.05) is 20.8 Å². The van der Waals surface area contributed by atoms with E-state index in [4.69, 9.17) is 4.98 Å². The summed E-state index contributed by atoms with van der Waals surface area (Å²) in [6.07, 6.45) is 0. The van der Waals surface area contributed by atoms with Crippen molar-refractivity contribution < 1.29 is 4.39 Å². The maximum Gasteiger partial charge on any atom is 0.125 e. The first kappa shape index (κ1) is 15.4. The summed E-state index contributed by atoms with van der Waals surface area (Å²) < 4.78 is 13.4. The molecule has 3 rings (SSSR count). The van der Waals surface area contributed by atoms with Gasteiger partial charge in [-0.25, -0.2) is 9.37 Å². The van der Waals surface area contributed by atoms with Crippen LogP contribution in [0.2, 0.25) is 0 Å². The van der Waals surface area contributed by atoms with Crippen molar-refractivity contribution in [3.8, 4) is 0 Å². The Balaban J connectivity index is 1.86. The lowest BCUT2D eigenvalue weighted by Crippen LogP contribution is -2.48. The van der Waals surface area contributed by atoms with Crippen molar-refractivity contribution in [3.05, 3.63) is 29.8 Å². The van der Waals surface area contributed by atoms with Gasteiger partial charge >= 0.3 is 0 Å². The molecule has 1 saturated heterocycles. The van der Waals surface area contributed by atoms with Gasteiger partial charge in [0.1, 0.15) is 11.6 Å². The maximum absolute atomic E-state index is 13.4. The van der Waals surface area contributed by atoms with Crippen LogP contribution in [0.15, 0.2) is 18.2 Å². The molecule has 4 nitrogen and oxygen atoms in total. The molecule has 0 aliphatic carbocycles. The van der Waals surface area contributed by atoms with E-state index in [1.807, 2.05) is 0 Å². The van der Waals surface area contributed by atoms with E-state index < -0.39 is 0 Å². The molecular formula is C17H25FN4. The van der Waals surface area contributed by atoms with E-state index in [1.165, 1.54) is 12.1 Å². The molecule has 120 valence electrons. The van der Waals surface area contributed by atoms with Crippen molar-refractivity contribution >= 4 is 11.0 Å². The number of aromatic amines is 1. The van der Waals surface area contributed by atoms with Gasteiger partial charge in [0, 0.05) is 26.2 Å². The third-order valence-electron chi connectivity index (χ3n) is 4.62. The number of halogens is 1. The van der Waals surface area contributed by atoms with E-state index in [0.717, 1.165) is 49.6 Å². The number of nitrogens with zero attached hydrogens (tertiary/aromatic N) is 3. The fourth-order valence-corrected chi connectivity index (χ4v) is 3.41. The van der Waals surface area contributed by atoms with Gasteiger partial charge in [0.25, 0.3) is 0 Å². The van der Waals surface area contributed by atoms with E-state index in [0.29, 0.717) is 5.92 Å². The van der Waals surface area contributed by atoms with E-state index in [9.17, 15) is 4.39 Å². The van der Waals surface area contributed by atoms with Gasteiger partial charge < -0.3 is 9.88 Å². The van der Waals surface area contributed by atoms with Crippen LogP contribution < -0.4 is 0 Å². The van der Waals surface area contributed by atoms with Gasteiger partial charge in [0.15, 0.2) is 0 Å². The number of aromatic nitrogens is 2. The molecule has 1 unspecified atom stereocenters. The van der Waals surface area contributed by atoms with Crippen LogP contribution in [0.1, 0.15) is 32.6 Å². The van der Waals surface area contributed by atoms with Gasteiger partial charge in [-0.05, 0) is 30.7 Å². The number of hydrogen-bond donors (Lipinski definition) is 1. The molecule has 2 heterocycles. The van der Waals surface area contributed by atoms with Crippen LogP contribution in [0, 0.1) is 11.7 Å². The average Bonchev–Trinajstić information content (AvgIpc) is 2.90. The maximum atomic E-state index is 13.4. The minimum atomic E-state index is -0.222. The first-order chi connectivity index (χ1) is 10.6. The Kier molecular flexibility index (Phi) is 4.45. The van der Waals surface area contributed by atoms with Gasteiger partial charge in [0.2, 0.25) is 0 Å². The molecule has 1 aliphatic heterocycles. The normalized spacial score (nSPS) is 19.1. The zero-order chi connectivity index (χ0) is 15.7. The molecule has 1 atom stereocenters. The average molecular weight is 304 g/mol. The molecule has 1 aromatic carbocycles. The van der Waals surface area contributed by atoms with Gasteiger partial charge in [-0.15, -0.1) is 0 Å². The molecule has 0 amide bonds. The Morgan fingerprint density at radius 3 is 2.59 bits per heavy atom. The molecule has 22 heavy (non-hydrogen) atoms. The summed E-state index contributed by atoms with van der Waals surface area (Å²) in [5.74, 6) is 1.19. The smallest absolute Gasteiger partial charge is 0.125 e. The Morgan fingerprint density at radius 1 is 1.23 bits per heavy atom. The summed E-state index contributed by atoms with van der Waals surface area (Å²) >= 11 is 0. The molecule has 0 radical (unpaired) electrons. The number of likely N-dealkylation sites (N-methyl/N-ethyl adjacent to an activating group) is 1. The summed E-state index contributed by atoms with van der Waals surface area (Å²) in [5.41, 5.74) is 1.63. The quantitative estimate of drug-likeness (QED) is 0.943. The van der Waals surface area contributed by atoms with Crippen LogP contribution in [-0.2, 0) is 0 Å². The zero-order valence-corrected chi connectivity index (χ0v) is 13.6. The second-order valence-corrected chi connectivity index (χ2v) is 6.44. The lowest BCUT2D eigenvalue weighted by atomic mass is 10.0. The Labute approximate surface area is 131 Å². The standard InChI is InChI=1S/C17H25FN4/c1-4-21-7-9-22(10-8-21)16(12(2)3)17-19-14-6-5-13(18)11-15(14)20-17/h5-6,11-12,16H,4,7-10H2,1-3H3,(H,19,20). The van der Waals surface area contributed by atoms with Crippen LogP contribution in [0.25, 0.3) is 11.0 Å². The number of imidazole rings is 1. The lowest BCUT2D eigenvalue weighted by molar-refractivity contribution is 0.0750. The number of benzene rings is 1. The summed E-state index contributed by atoms with van der Waals surface area (Å²) in [6, 6.07) is 5.00. The second-order valence-electron chi connectivity index (χ2n) is 6.44. The summed E-state index contributed by atoms with van der Waals surface area (Å²) in [6.45, 7) is 12.1. The van der Waals surface area contributed by atoms with Crippen molar-refractivity contribution in [2.75, 3.05) is 32.7 Å². The van der Waals surface area contributed by atoms with Crippen molar-refractivity contribution in [3.63, 3.8) is 0 Å². The predicted octanol–water partition coefficient (Wildman–Crippen LogP) is 3.04. The minimum absolute atomic E-state index is 0.222. The monoisotopic (exact) mass is 304 g/mol. The third kappa shape index (κ3) is 3.01.